The van der Waals surface area contributed by atoms with Crippen molar-refractivity contribution in [2.45, 2.75) is 31.8 Å². The number of rotatable bonds is 6. The normalized spacial score (nSPS) is 19.3. The standard InChI is InChI=1S/C16H21NO2/c1-2-3-11-19-16-8-6-14(7-9-16)12-17-10-4-5-15(17)13-18/h1,6-9,15,18H,3-5,10-13H2/t15-/m1/s1. The quantitative estimate of drug-likeness (QED) is 0.627. The Morgan fingerprint density at radius 3 is 2.84 bits per heavy atom. The Kier molecular flexibility index (Phi) is 5.26. The van der Waals surface area contributed by atoms with Crippen molar-refractivity contribution in [3.05, 3.63) is 29.8 Å². The molecule has 3 nitrogen and oxygen atoms in total. The molecule has 102 valence electrons. The third kappa shape index (κ3) is 3.99. The smallest absolute Gasteiger partial charge is 0.119 e. The molecule has 19 heavy (non-hydrogen) atoms. The number of aliphatic hydroxyl groups is 1. The largest absolute Gasteiger partial charge is 0.493 e. The lowest BCUT2D eigenvalue weighted by Gasteiger charge is -2.22. The molecule has 1 N–H and O–H groups in total. The Morgan fingerprint density at radius 2 is 2.16 bits per heavy atom. The Bertz CT molecular complexity index is 421. The van der Waals surface area contributed by atoms with E-state index in [4.69, 9.17) is 11.2 Å². The van der Waals surface area contributed by atoms with E-state index in [1.54, 1.807) is 0 Å². The van der Waals surface area contributed by atoms with Crippen LogP contribution in [-0.2, 0) is 6.54 Å². The molecule has 1 aliphatic rings. The number of nitrogens with zero attached hydrogens (tertiary/aromatic N) is 1. The second-order valence-electron chi connectivity index (χ2n) is 4.90. The van der Waals surface area contributed by atoms with Crippen LogP contribution in [0.15, 0.2) is 24.3 Å². The van der Waals surface area contributed by atoms with Gasteiger partial charge in [0.05, 0.1) is 13.2 Å². The minimum Gasteiger partial charge on any atom is -0.493 e. The van der Waals surface area contributed by atoms with Gasteiger partial charge in [-0.2, -0.15) is 0 Å². The number of ether oxygens (including phenoxy) is 1. The summed E-state index contributed by atoms with van der Waals surface area (Å²) >= 11 is 0. The van der Waals surface area contributed by atoms with E-state index < -0.39 is 0 Å². The van der Waals surface area contributed by atoms with Gasteiger partial charge in [0.2, 0.25) is 0 Å². The van der Waals surface area contributed by atoms with Gasteiger partial charge in [-0.15, -0.1) is 12.3 Å². The van der Waals surface area contributed by atoms with Crippen molar-refractivity contribution in [1.29, 1.82) is 0 Å². The van der Waals surface area contributed by atoms with Crippen molar-refractivity contribution in [3.63, 3.8) is 0 Å². The molecule has 1 saturated heterocycles. The van der Waals surface area contributed by atoms with Gasteiger partial charge in [-0.3, -0.25) is 4.90 Å². The topological polar surface area (TPSA) is 32.7 Å². The van der Waals surface area contributed by atoms with E-state index >= 15 is 0 Å². The average molecular weight is 259 g/mol. The fourth-order valence-electron chi connectivity index (χ4n) is 2.46. The highest BCUT2D eigenvalue weighted by atomic mass is 16.5. The first-order valence-corrected chi connectivity index (χ1v) is 6.83. The molecule has 1 aliphatic heterocycles. The van der Waals surface area contributed by atoms with Crippen molar-refractivity contribution in [1.82, 2.24) is 4.90 Å². The lowest BCUT2D eigenvalue weighted by molar-refractivity contribution is 0.153. The summed E-state index contributed by atoms with van der Waals surface area (Å²) in [6, 6.07) is 8.45. The van der Waals surface area contributed by atoms with Crippen LogP contribution in [0.1, 0.15) is 24.8 Å². The van der Waals surface area contributed by atoms with Gasteiger partial charge in [0.1, 0.15) is 5.75 Å². The highest BCUT2D eigenvalue weighted by molar-refractivity contribution is 5.27. The zero-order chi connectivity index (χ0) is 13.5. The van der Waals surface area contributed by atoms with Crippen LogP contribution in [0, 0.1) is 12.3 Å². The van der Waals surface area contributed by atoms with Crippen molar-refractivity contribution in [3.8, 4) is 18.1 Å². The number of terminal acetylenes is 1. The molecule has 1 aromatic rings. The molecular formula is C16H21NO2. The van der Waals surface area contributed by atoms with Crippen molar-refractivity contribution < 1.29 is 9.84 Å². The van der Waals surface area contributed by atoms with Gasteiger partial charge >= 0.3 is 0 Å². The number of benzene rings is 1. The average Bonchev–Trinajstić information content (AvgIpc) is 2.88. The van der Waals surface area contributed by atoms with Gasteiger partial charge in [-0.1, -0.05) is 12.1 Å². The zero-order valence-electron chi connectivity index (χ0n) is 11.2. The molecule has 0 amide bonds. The van der Waals surface area contributed by atoms with Gasteiger partial charge in [-0.25, -0.2) is 0 Å². The number of aliphatic hydroxyl groups excluding tert-OH is 1. The van der Waals surface area contributed by atoms with Crippen LogP contribution in [-0.4, -0.2) is 35.8 Å². The van der Waals surface area contributed by atoms with Crippen LogP contribution in [0.5, 0.6) is 5.75 Å². The second kappa shape index (κ2) is 7.18. The fourth-order valence-corrected chi connectivity index (χ4v) is 2.46. The summed E-state index contributed by atoms with van der Waals surface area (Å²) in [4.78, 5) is 2.34. The third-order valence-electron chi connectivity index (χ3n) is 3.53. The molecule has 1 atom stereocenters. The molecule has 0 saturated carbocycles. The van der Waals surface area contributed by atoms with E-state index in [0.29, 0.717) is 19.1 Å². The maximum Gasteiger partial charge on any atom is 0.119 e. The van der Waals surface area contributed by atoms with Crippen LogP contribution in [0.25, 0.3) is 0 Å². The summed E-state index contributed by atoms with van der Waals surface area (Å²) in [7, 11) is 0. The second-order valence-corrected chi connectivity index (χ2v) is 4.90. The molecule has 0 spiro atoms. The lowest BCUT2D eigenvalue weighted by Crippen LogP contribution is -2.31. The summed E-state index contributed by atoms with van der Waals surface area (Å²) < 4.78 is 5.52. The van der Waals surface area contributed by atoms with Gasteiger partial charge < -0.3 is 9.84 Å². The van der Waals surface area contributed by atoms with Gasteiger partial charge in [0, 0.05) is 19.0 Å². The predicted octanol–water partition coefficient (Wildman–Crippen LogP) is 2.05. The SMILES string of the molecule is C#CCCOc1ccc(CN2CCC[C@@H]2CO)cc1. The van der Waals surface area contributed by atoms with E-state index in [9.17, 15) is 5.11 Å². The Labute approximate surface area is 115 Å². The van der Waals surface area contributed by atoms with E-state index in [1.807, 2.05) is 12.1 Å². The van der Waals surface area contributed by atoms with E-state index in [-0.39, 0.29) is 6.61 Å². The minimum absolute atomic E-state index is 0.257. The van der Waals surface area contributed by atoms with E-state index in [1.165, 1.54) is 12.0 Å². The Balaban J connectivity index is 1.86. The molecule has 1 aromatic carbocycles. The summed E-state index contributed by atoms with van der Waals surface area (Å²) in [5.74, 6) is 3.41. The third-order valence-corrected chi connectivity index (χ3v) is 3.53. The first kappa shape index (κ1) is 13.9. The van der Waals surface area contributed by atoms with Crippen LogP contribution in [0.2, 0.25) is 0 Å². The first-order valence-electron chi connectivity index (χ1n) is 6.83. The molecule has 0 unspecified atom stereocenters. The zero-order valence-corrected chi connectivity index (χ0v) is 11.2. The Morgan fingerprint density at radius 1 is 1.37 bits per heavy atom. The molecule has 1 heterocycles. The number of hydrogen-bond donors (Lipinski definition) is 1. The van der Waals surface area contributed by atoms with Crippen LogP contribution >= 0.6 is 0 Å². The molecule has 3 heteroatoms. The van der Waals surface area contributed by atoms with Crippen molar-refractivity contribution in [2.75, 3.05) is 19.8 Å². The molecular weight excluding hydrogens is 238 g/mol. The van der Waals surface area contributed by atoms with E-state index in [2.05, 4.69) is 23.0 Å². The monoisotopic (exact) mass is 259 g/mol. The molecule has 0 aliphatic carbocycles. The highest BCUT2D eigenvalue weighted by Gasteiger charge is 2.23. The first-order chi connectivity index (χ1) is 9.33. The summed E-state index contributed by atoms with van der Waals surface area (Å²) in [6.45, 7) is 2.79. The number of likely N-dealkylation sites (tertiary alicyclic amines) is 1. The maximum absolute atomic E-state index is 9.30. The van der Waals surface area contributed by atoms with Crippen LogP contribution in [0.4, 0.5) is 0 Å². The van der Waals surface area contributed by atoms with Crippen LogP contribution in [0.3, 0.4) is 0 Å². The van der Waals surface area contributed by atoms with Gasteiger partial charge in [0.15, 0.2) is 0 Å². The van der Waals surface area contributed by atoms with E-state index in [0.717, 1.165) is 25.3 Å². The maximum atomic E-state index is 9.30. The molecule has 0 bridgehead atoms. The number of hydrogen-bond acceptors (Lipinski definition) is 3. The summed E-state index contributed by atoms with van der Waals surface area (Å²) in [5, 5.41) is 9.30. The van der Waals surface area contributed by atoms with Crippen LogP contribution < -0.4 is 4.74 Å². The minimum atomic E-state index is 0.257. The molecule has 2 rings (SSSR count). The highest BCUT2D eigenvalue weighted by Crippen LogP contribution is 2.21. The molecule has 1 fully saturated rings. The van der Waals surface area contributed by atoms with Crippen molar-refractivity contribution >= 4 is 0 Å². The fraction of sp³-hybridized carbons (Fsp3) is 0.500. The lowest BCUT2D eigenvalue weighted by atomic mass is 10.2. The van der Waals surface area contributed by atoms with Crippen molar-refractivity contribution in [2.24, 2.45) is 0 Å². The summed E-state index contributed by atoms with van der Waals surface area (Å²) in [5.41, 5.74) is 1.25. The predicted molar refractivity (Wildman–Crippen MR) is 75.9 cm³/mol. The van der Waals surface area contributed by atoms with Gasteiger partial charge in [0.25, 0.3) is 0 Å². The molecule has 0 aromatic heterocycles. The summed E-state index contributed by atoms with van der Waals surface area (Å²) in [6.07, 6.45) is 8.09. The Hall–Kier alpha value is -1.50. The van der Waals surface area contributed by atoms with Gasteiger partial charge in [-0.05, 0) is 37.1 Å². The molecule has 0 radical (unpaired) electrons.